The number of pyridine rings is 1. The molecule has 0 aromatic carbocycles. The molecule has 1 aliphatic heterocycles. The number of aromatic nitrogens is 5. The Hall–Kier alpha value is -2.85. The normalized spacial score (nSPS) is 14.5. The van der Waals surface area contributed by atoms with Crippen LogP contribution in [-0.2, 0) is 17.9 Å². The van der Waals surface area contributed by atoms with Gasteiger partial charge in [0.2, 0.25) is 5.13 Å². The number of rotatable bonds is 6. The molecule has 0 unspecified atom stereocenters. The Morgan fingerprint density at radius 3 is 2.68 bits per heavy atom. The fourth-order valence-corrected chi connectivity index (χ4v) is 3.78. The number of ether oxygens (including phenoxy) is 1. The van der Waals surface area contributed by atoms with Crippen LogP contribution in [0.1, 0.15) is 11.5 Å². The molecule has 0 bridgehead atoms. The van der Waals surface area contributed by atoms with Crippen LogP contribution in [0.5, 0.6) is 0 Å². The Morgan fingerprint density at radius 2 is 1.93 bits per heavy atom. The molecule has 0 amide bonds. The van der Waals surface area contributed by atoms with Crippen molar-refractivity contribution < 1.29 is 4.74 Å². The molecular formula is C18H21N7O2S. The fraction of sp³-hybridized carbons (Fsp3) is 0.389. The standard InChI is InChI=1S/C18H21N7O2S/c1-27-13-15-20-18(28-22-15)24-10-8-23(9-11-24)16-5-6-17(26)25(21-16)12-14-4-2-3-7-19-14/h2-7H,8-13H2,1H3. The van der Waals surface area contributed by atoms with E-state index in [2.05, 4.69) is 29.2 Å². The first-order chi connectivity index (χ1) is 13.7. The average Bonchev–Trinajstić information content (AvgIpc) is 3.20. The fourth-order valence-electron chi connectivity index (χ4n) is 3.05. The van der Waals surface area contributed by atoms with Crippen molar-refractivity contribution in [1.29, 1.82) is 0 Å². The minimum atomic E-state index is -0.132. The highest BCUT2D eigenvalue weighted by Gasteiger charge is 2.21. The van der Waals surface area contributed by atoms with Crippen LogP contribution in [-0.4, -0.2) is 57.4 Å². The summed E-state index contributed by atoms with van der Waals surface area (Å²) in [6, 6.07) is 9.00. The van der Waals surface area contributed by atoms with E-state index in [4.69, 9.17) is 4.74 Å². The molecule has 0 spiro atoms. The molecule has 146 valence electrons. The molecule has 4 rings (SSSR count). The Morgan fingerprint density at radius 1 is 1.11 bits per heavy atom. The van der Waals surface area contributed by atoms with Gasteiger partial charge in [-0.15, -0.1) is 0 Å². The monoisotopic (exact) mass is 399 g/mol. The van der Waals surface area contributed by atoms with Gasteiger partial charge >= 0.3 is 0 Å². The second-order valence-electron chi connectivity index (χ2n) is 6.41. The van der Waals surface area contributed by atoms with Crippen molar-refractivity contribution in [2.75, 3.05) is 43.1 Å². The Balaban J connectivity index is 1.43. The lowest BCUT2D eigenvalue weighted by Crippen LogP contribution is -2.47. The van der Waals surface area contributed by atoms with Gasteiger partial charge in [-0.25, -0.2) is 9.67 Å². The molecule has 0 saturated carbocycles. The summed E-state index contributed by atoms with van der Waals surface area (Å²) in [6.07, 6.45) is 1.72. The smallest absolute Gasteiger partial charge is 0.267 e. The van der Waals surface area contributed by atoms with Crippen LogP contribution < -0.4 is 15.4 Å². The van der Waals surface area contributed by atoms with E-state index < -0.39 is 0 Å². The van der Waals surface area contributed by atoms with Crippen molar-refractivity contribution >= 4 is 22.5 Å². The van der Waals surface area contributed by atoms with Crippen molar-refractivity contribution in [2.45, 2.75) is 13.2 Å². The third-order valence-electron chi connectivity index (χ3n) is 4.50. The van der Waals surface area contributed by atoms with E-state index in [0.717, 1.165) is 42.8 Å². The first-order valence-electron chi connectivity index (χ1n) is 9.02. The highest BCUT2D eigenvalue weighted by molar-refractivity contribution is 7.09. The lowest BCUT2D eigenvalue weighted by atomic mass is 10.3. The molecule has 1 fully saturated rings. The van der Waals surface area contributed by atoms with E-state index in [1.165, 1.54) is 16.2 Å². The number of nitrogens with zero attached hydrogens (tertiary/aromatic N) is 7. The third-order valence-corrected chi connectivity index (χ3v) is 5.31. The van der Waals surface area contributed by atoms with Gasteiger partial charge in [0.1, 0.15) is 12.4 Å². The summed E-state index contributed by atoms with van der Waals surface area (Å²) < 4.78 is 10.9. The minimum Gasteiger partial charge on any atom is -0.377 e. The van der Waals surface area contributed by atoms with Gasteiger partial charge < -0.3 is 14.5 Å². The van der Waals surface area contributed by atoms with Crippen LogP contribution in [0.25, 0.3) is 0 Å². The molecule has 0 atom stereocenters. The molecule has 4 heterocycles. The molecule has 10 heteroatoms. The van der Waals surface area contributed by atoms with Crippen LogP contribution in [0.4, 0.5) is 10.9 Å². The van der Waals surface area contributed by atoms with Crippen LogP contribution in [0.2, 0.25) is 0 Å². The molecule has 3 aromatic heterocycles. The maximum absolute atomic E-state index is 12.2. The zero-order valence-corrected chi connectivity index (χ0v) is 16.4. The van der Waals surface area contributed by atoms with Crippen molar-refractivity contribution in [3.05, 3.63) is 58.4 Å². The van der Waals surface area contributed by atoms with Gasteiger partial charge in [-0.2, -0.15) is 9.47 Å². The maximum atomic E-state index is 12.2. The Bertz CT molecular complexity index is 967. The van der Waals surface area contributed by atoms with Gasteiger partial charge in [0.05, 0.1) is 12.2 Å². The van der Waals surface area contributed by atoms with Crippen LogP contribution >= 0.6 is 11.5 Å². The number of piperazine rings is 1. The number of anilines is 2. The lowest BCUT2D eigenvalue weighted by Gasteiger charge is -2.35. The molecule has 1 aliphatic rings. The molecule has 9 nitrogen and oxygen atoms in total. The molecule has 0 N–H and O–H groups in total. The summed E-state index contributed by atoms with van der Waals surface area (Å²) in [4.78, 5) is 25.4. The Labute approximate surface area is 166 Å². The van der Waals surface area contributed by atoms with Gasteiger partial charge in [-0.1, -0.05) is 6.07 Å². The van der Waals surface area contributed by atoms with E-state index in [1.54, 1.807) is 25.4 Å². The third kappa shape index (κ3) is 4.18. The number of methoxy groups -OCH3 is 1. The molecule has 3 aromatic rings. The molecule has 0 aliphatic carbocycles. The van der Waals surface area contributed by atoms with Gasteiger partial charge in [0, 0.05) is 57.1 Å². The van der Waals surface area contributed by atoms with Gasteiger partial charge in [-0.05, 0) is 18.2 Å². The average molecular weight is 399 g/mol. The predicted octanol–water partition coefficient (Wildman–Crippen LogP) is 1.01. The summed E-state index contributed by atoms with van der Waals surface area (Å²) in [5.41, 5.74) is 0.676. The lowest BCUT2D eigenvalue weighted by molar-refractivity contribution is 0.179. The van der Waals surface area contributed by atoms with E-state index >= 15 is 0 Å². The summed E-state index contributed by atoms with van der Waals surface area (Å²) in [5.74, 6) is 1.51. The van der Waals surface area contributed by atoms with Crippen molar-refractivity contribution in [2.24, 2.45) is 0 Å². The second-order valence-corrected chi connectivity index (χ2v) is 7.14. The largest absolute Gasteiger partial charge is 0.377 e. The van der Waals surface area contributed by atoms with E-state index in [1.807, 2.05) is 18.2 Å². The molecule has 28 heavy (non-hydrogen) atoms. The zero-order valence-electron chi connectivity index (χ0n) is 15.6. The highest BCUT2D eigenvalue weighted by Crippen LogP contribution is 2.21. The van der Waals surface area contributed by atoms with Crippen molar-refractivity contribution in [1.82, 2.24) is 24.1 Å². The molecule has 1 saturated heterocycles. The quantitative estimate of drug-likeness (QED) is 0.607. The van der Waals surface area contributed by atoms with Gasteiger partial charge in [-0.3, -0.25) is 9.78 Å². The summed E-state index contributed by atoms with van der Waals surface area (Å²) in [7, 11) is 1.64. The van der Waals surface area contributed by atoms with Gasteiger partial charge in [0.15, 0.2) is 5.82 Å². The maximum Gasteiger partial charge on any atom is 0.267 e. The summed E-state index contributed by atoms with van der Waals surface area (Å²) in [6.45, 7) is 4.03. The first-order valence-corrected chi connectivity index (χ1v) is 9.80. The zero-order chi connectivity index (χ0) is 19.3. The van der Waals surface area contributed by atoms with Crippen molar-refractivity contribution in [3.63, 3.8) is 0 Å². The highest BCUT2D eigenvalue weighted by atomic mass is 32.1. The summed E-state index contributed by atoms with van der Waals surface area (Å²) >= 11 is 1.40. The van der Waals surface area contributed by atoms with Gasteiger partial charge in [0.25, 0.3) is 5.56 Å². The SMILES string of the molecule is COCc1nsc(N2CCN(c3ccc(=O)n(Cc4ccccn4)n3)CC2)n1. The van der Waals surface area contributed by atoms with E-state index in [0.29, 0.717) is 19.0 Å². The topological polar surface area (TPSA) is 89.3 Å². The number of hydrogen-bond donors (Lipinski definition) is 0. The molecule has 0 radical (unpaired) electrons. The van der Waals surface area contributed by atoms with Crippen LogP contribution in [0.3, 0.4) is 0 Å². The van der Waals surface area contributed by atoms with Crippen LogP contribution in [0.15, 0.2) is 41.3 Å². The first kappa shape index (κ1) is 18.5. The minimum absolute atomic E-state index is 0.132. The van der Waals surface area contributed by atoms with Crippen molar-refractivity contribution in [3.8, 4) is 0 Å². The van der Waals surface area contributed by atoms with E-state index in [-0.39, 0.29) is 5.56 Å². The number of hydrogen-bond acceptors (Lipinski definition) is 9. The molecular weight excluding hydrogens is 378 g/mol. The predicted molar refractivity (Wildman–Crippen MR) is 107 cm³/mol. The summed E-state index contributed by atoms with van der Waals surface area (Å²) in [5, 5.41) is 5.46. The Kier molecular flexibility index (Phi) is 5.58. The van der Waals surface area contributed by atoms with E-state index in [9.17, 15) is 4.79 Å². The van der Waals surface area contributed by atoms with Crippen LogP contribution in [0, 0.1) is 0 Å². The second kappa shape index (κ2) is 8.44.